The number of unbranched alkanes of at least 4 members (excludes halogenated alkanes) is 35. The number of hydrogen-bond donors (Lipinski definition) is 0. The first-order valence-electron chi connectivity index (χ1n) is 26.3. The number of hydrogen-bond acceptors (Lipinski definition) is 0. The second-order valence-corrected chi connectivity index (χ2v) is 18.6. The second-order valence-electron chi connectivity index (χ2n) is 18.6. The minimum absolute atomic E-state index is 1.34. The molecule has 0 aromatic carbocycles. The zero-order valence-electron chi connectivity index (χ0n) is 39.4. The summed E-state index contributed by atoms with van der Waals surface area (Å²) in [4.78, 5) is 0. The third-order valence-electron chi connectivity index (χ3n) is 14.2. The van der Waals surface area contributed by atoms with Crippen LogP contribution in [0.3, 0.4) is 0 Å². The van der Waals surface area contributed by atoms with Crippen LogP contribution in [0.2, 0.25) is 0 Å². The molecule has 0 aromatic heterocycles. The van der Waals surface area contributed by atoms with Crippen LogP contribution in [0.1, 0.15) is 286 Å². The predicted octanol–water partition coefficient (Wildman–Crippen LogP) is 17.6. The molecule has 2 heteroatoms. The molecule has 2 nitrogen and oxygen atoms in total. The minimum Gasteiger partial charge on any atom is -0.324 e. The van der Waals surface area contributed by atoms with Gasteiger partial charge in [0.25, 0.3) is 0 Å². The SMILES string of the molecule is CCCCCCCCCCCC[N+](CC)(CC)CCCCCCCCCCCCCCCCCCCC[N+](CC)(CC)CCCCCCCCCCCC. The van der Waals surface area contributed by atoms with Gasteiger partial charge in [0, 0.05) is 0 Å². The Hall–Kier alpha value is -0.0800. The first-order valence-corrected chi connectivity index (χ1v) is 26.3. The van der Waals surface area contributed by atoms with Crippen molar-refractivity contribution in [1.82, 2.24) is 0 Å². The molecule has 0 amide bonds. The monoisotopic (exact) mass is 763 g/mol. The summed E-state index contributed by atoms with van der Waals surface area (Å²) < 4.78 is 2.77. The van der Waals surface area contributed by atoms with E-state index in [4.69, 9.17) is 0 Å². The lowest BCUT2D eigenvalue weighted by Crippen LogP contribution is -2.49. The molecule has 326 valence electrons. The maximum Gasteiger partial charge on any atom is 0.0786 e. The Morgan fingerprint density at radius 3 is 0.426 bits per heavy atom. The van der Waals surface area contributed by atoms with Gasteiger partial charge in [0.2, 0.25) is 0 Å². The summed E-state index contributed by atoms with van der Waals surface area (Å²) in [5, 5.41) is 0. The third-order valence-corrected chi connectivity index (χ3v) is 14.2. The zero-order valence-corrected chi connectivity index (χ0v) is 39.4. The van der Waals surface area contributed by atoms with Gasteiger partial charge in [-0.25, -0.2) is 0 Å². The van der Waals surface area contributed by atoms with E-state index in [0.717, 1.165) is 0 Å². The molecule has 0 aliphatic heterocycles. The van der Waals surface area contributed by atoms with Crippen LogP contribution in [0.4, 0.5) is 0 Å². The van der Waals surface area contributed by atoms with Gasteiger partial charge in [-0.05, 0) is 79.1 Å². The molecule has 0 bridgehead atoms. The normalized spacial score (nSPS) is 12.3. The lowest BCUT2D eigenvalue weighted by molar-refractivity contribution is -0.925. The number of quaternary nitrogens is 2. The number of rotatable bonds is 47. The van der Waals surface area contributed by atoms with Gasteiger partial charge in [-0.3, -0.25) is 0 Å². The summed E-state index contributed by atoms with van der Waals surface area (Å²) >= 11 is 0. The van der Waals surface area contributed by atoms with Crippen LogP contribution in [0.15, 0.2) is 0 Å². The summed E-state index contributed by atoms with van der Waals surface area (Å²) in [6.07, 6.45) is 55.7. The van der Waals surface area contributed by atoms with E-state index in [1.165, 1.54) is 305 Å². The van der Waals surface area contributed by atoms with Gasteiger partial charge in [0.15, 0.2) is 0 Å². The Balaban J connectivity index is 3.59. The quantitative estimate of drug-likeness (QED) is 0.0428. The third kappa shape index (κ3) is 34.0. The highest BCUT2D eigenvalue weighted by molar-refractivity contribution is 4.54. The molecule has 0 aliphatic carbocycles. The van der Waals surface area contributed by atoms with Crippen LogP contribution in [0, 0.1) is 0 Å². The van der Waals surface area contributed by atoms with Crippen molar-refractivity contribution in [2.75, 3.05) is 52.4 Å². The van der Waals surface area contributed by atoms with Crippen molar-refractivity contribution in [3.8, 4) is 0 Å². The Labute approximate surface area is 345 Å². The van der Waals surface area contributed by atoms with Gasteiger partial charge in [-0.15, -0.1) is 0 Å². The van der Waals surface area contributed by atoms with Crippen LogP contribution < -0.4 is 0 Å². The molecule has 0 heterocycles. The van der Waals surface area contributed by atoms with Crippen molar-refractivity contribution < 1.29 is 8.97 Å². The lowest BCUT2D eigenvalue weighted by atomic mass is 10.0. The first-order chi connectivity index (χ1) is 26.6. The molecule has 0 aromatic rings. The Morgan fingerprint density at radius 1 is 0.167 bits per heavy atom. The zero-order chi connectivity index (χ0) is 39.5. The van der Waals surface area contributed by atoms with Crippen LogP contribution in [-0.2, 0) is 0 Å². The molecule has 0 fully saturated rings. The molecule has 0 saturated heterocycles. The largest absolute Gasteiger partial charge is 0.324 e. The number of nitrogens with zero attached hydrogens (tertiary/aromatic N) is 2. The molecule has 0 aliphatic rings. The molecule has 0 unspecified atom stereocenters. The minimum atomic E-state index is 1.34. The van der Waals surface area contributed by atoms with Crippen molar-refractivity contribution in [1.29, 1.82) is 0 Å². The van der Waals surface area contributed by atoms with Crippen LogP contribution in [-0.4, -0.2) is 61.3 Å². The van der Waals surface area contributed by atoms with Gasteiger partial charge in [0.05, 0.1) is 52.4 Å². The average molecular weight is 763 g/mol. The summed E-state index contributed by atoms with van der Waals surface area (Å²) in [5.74, 6) is 0. The second kappa shape index (κ2) is 42.5. The molecule has 0 saturated carbocycles. The van der Waals surface area contributed by atoms with Crippen LogP contribution >= 0.6 is 0 Å². The van der Waals surface area contributed by atoms with Crippen LogP contribution in [0.25, 0.3) is 0 Å². The lowest BCUT2D eigenvalue weighted by Gasteiger charge is -2.37. The van der Waals surface area contributed by atoms with E-state index in [0.29, 0.717) is 0 Å². The van der Waals surface area contributed by atoms with E-state index in [1.54, 1.807) is 0 Å². The highest BCUT2D eigenvalue weighted by Crippen LogP contribution is 2.19. The molecule has 0 N–H and O–H groups in total. The van der Waals surface area contributed by atoms with Gasteiger partial charge in [0.1, 0.15) is 0 Å². The summed E-state index contributed by atoms with van der Waals surface area (Å²) in [6, 6.07) is 0. The van der Waals surface area contributed by atoms with Crippen molar-refractivity contribution in [3.63, 3.8) is 0 Å². The topological polar surface area (TPSA) is 0 Å². The van der Waals surface area contributed by atoms with Crippen molar-refractivity contribution >= 4 is 0 Å². The van der Waals surface area contributed by atoms with Crippen molar-refractivity contribution in [2.24, 2.45) is 0 Å². The van der Waals surface area contributed by atoms with E-state index in [9.17, 15) is 0 Å². The fourth-order valence-corrected chi connectivity index (χ4v) is 9.53. The average Bonchev–Trinajstić information content (AvgIpc) is 3.20. The Morgan fingerprint density at radius 2 is 0.296 bits per heavy atom. The van der Waals surface area contributed by atoms with Crippen LogP contribution in [0.5, 0.6) is 0 Å². The molecule has 0 rings (SSSR count). The molecular weight excluding hydrogens is 653 g/mol. The van der Waals surface area contributed by atoms with E-state index in [-0.39, 0.29) is 0 Å². The fraction of sp³-hybridized carbons (Fsp3) is 1.00. The summed E-state index contributed by atoms with van der Waals surface area (Å²) in [5.41, 5.74) is 0. The van der Waals surface area contributed by atoms with E-state index in [1.807, 2.05) is 0 Å². The highest BCUT2D eigenvalue weighted by Gasteiger charge is 2.23. The smallest absolute Gasteiger partial charge is 0.0786 e. The van der Waals surface area contributed by atoms with Gasteiger partial charge >= 0.3 is 0 Å². The van der Waals surface area contributed by atoms with Crippen molar-refractivity contribution in [3.05, 3.63) is 0 Å². The Kier molecular flexibility index (Phi) is 42.5. The molecule has 0 atom stereocenters. The fourth-order valence-electron chi connectivity index (χ4n) is 9.53. The Bertz CT molecular complexity index is 622. The predicted molar refractivity (Wildman–Crippen MR) is 249 cm³/mol. The van der Waals surface area contributed by atoms with E-state index >= 15 is 0 Å². The maximum absolute atomic E-state index is 2.45. The van der Waals surface area contributed by atoms with Gasteiger partial charge in [-0.2, -0.15) is 0 Å². The van der Waals surface area contributed by atoms with Crippen molar-refractivity contribution in [2.45, 2.75) is 286 Å². The standard InChI is InChI=1S/C52H110N2/c1-7-13-15-17-19-21-33-37-41-45-49-53(9-3,10-4)51-47-43-39-35-31-29-27-25-23-24-26-28-30-32-36-40-44-48-52-54(11-5,12-6)50-46-42-38-34-22-20-18-16-14-8-2/h7-52H2,1-6H3/q+2. The molecular formula is C52H110N2+2. The van der Waals surface area contributed by atoms with Gasteiger partial charge in [-0.1, -0.05) is 206 Å². The molecule has 54 heavy (non-hydrogen) atoms. The van der Waals surface area contributed by atoms with E-state index < -0.39 is 0 Å². The van der Waals surface area contributed by atoms with Gasteiger partial charge < -0.3 is 8.97 Å². The summed E-state index contributed by atoms with van der Waals surface area (Å²) in [6.45, 7) is 25.5. The maximum atomic E-state index is 2.45. The highest BCUT2D eigenvalue weighted by atomic mass is 15.3. The first kappa shape index (κ1) is 53.9. The molecule has 0 radical (unpaired) electrons. The van der Waals surface area contributed by atoms with E-state index in [2.05, 4.69) is 41.5 Å². The molecule has 0 spiro atoms. The summed E-state index contributed by atoms with van der Waals surface area (Å²) in [7, 11) is 0.